The molecule has 0 amide bonds. The molecule has 2 aromatic rings. The third kappa shape index (κ3) is 2.25. The maximum atomic E-state index is 13.5. The van der Waals surface area contributed by atoms with Crippen molar-refractivity contribution in [3.63, 3.8) is 0 Å². The van der Waals surface area contributed by atoms with Gasteiger partial charge in [-0.15, -0.1) is 0 Å². The molecule has 2 N–H and O–H groups in total. The van der Waals surface area contributed by atoms with Gasteiger partial charge in [-0.3, -0.25) is 0 Å². The second-order valence-corrected chi connectivity index (χ2v) is 3.79. The smallest absolute Gasteiger partial charge is 0.203 e. The van der Waals surface area contributed by atoms with Crippen LogP contribution in [0.2, 0.25) is 0 Å². The molecule has 0 atom stereocenters. The van der Waals surface area contributed by atoms with Crippen LogP contribution in [-0.2, 0) is 0 Å². The van der Waals surface area contributed by atoms with E-state index in [2.05, 4.69) is 0 Å². The first-order valence-corrected chi connectivity index (χ1v) is 5.16. The lowest BCUT2D eigenvalue weighted by atomic mass is 10.2. The van der Waals surface area contributed by atoms with E-state index in [4.69, 9.17) is 10.5 Å². The number of benzene rings is 2. The van der Waals surface area contributed by atoms with Crippen LogP contribution < -0.4 is 10.5 Å². The van der Waals surface area contributed by atoms with Crippen molar-refractivity contribution < 1.29 is 17.9 Å². The number of anilines is 1. The van der Waals surface area contributed by atoms with Gasteiger partial charge in [0.15, 0.2) is 11.6 Å². The van der Waals surface area contributed by atoms with E-state index in [9.17, 15) is 13.2 Å². The fourth-order valence-corrected chi connectivity index (χ4v) is 1.45. The second kappa shape index (κ2) is 4.60. The fraction of sp³-hybridized carbons (Fsp3) is 0.0769. The molecule has 0 heterocycles. The monoisotopic (exact) mass is 253 g/mol. The van der Waals surface area contributed by atoms with Crippen LogP contribution in [0.3, 0.4) is 0 Å². The maximum absolute atomic E-state index is 13.5. The number of rotatable bonds is 2. The predicted molar refractivity (Wildman–Crippen MR) is 62.0 cm³/mol. The van der Waals surface area contributed by atoms with Gasteiger partial charge in [0, 0.05) is 0 Å². The van der Waals surface area contributed by atoms with Crippen LogP contribution in [-0.4, -0.2) is 0 Å². The van der Waals surface area contributed by atoms with E-state index in [1.807, 2.05) is 0 Å². The van der Waals surface area contributed by atoms with Crippen molar-refractivity contribution >= 4 is 5.69 Å². The number of hydrogen-bond acceptors (Lipinski definition) is 2. The number of hydrogen-bond donors (Lipinski definition) is 1. The van der Waals surface area contributed by atoms with Gasteiger partial charge < -0.3 is 10.5 Å². The van der Waals surface area contributed by atoms with Crippen molar-refractivity contribution in [2.75, 3.05) is 5.73 Å². The normalized spacial score (nSPS) is 10.4. The zero-order valence-corrected chi connectivity index (χ0v) is 9.51. The van der Waals surface area contributed by atoms with E-state index in [1.165, 1.54) is 31.2 Å². The first-order chi connectivity index (χ1) is 8.49. The van der Waals surface area contributed by atoms with E-state index in [1.54, 1.807) is 0 Å². The van der Waals surface area contributed by atoms with E-state index in [0.29, 0.717) is 5.56 Å². The number of ether oxygens (including phenoxy) is 1. The molecule has 0 spiro atoms. The molecule has 0 aromatic heterocycles. The van der Waals surface area contributed by atoms with Crippen LogP contribution in [0.1, 0.15) is 5.56 Å². The van der Waals surface area contributed by atoms with Gasteiger partial charge in [-0.1, -0.05) is 0 Å². The van der Waals surface area contributed by atoms with E-state index in [-0.39, 0.29) is 11.4 Å². The summed E-state index contributed by atoms with van der Waals surface area (Å²) < 4.78 is 44.7. The molecule has 0 aliphatic carbocycles. The van der Waals surface area contributed by atoms with Crippen LogP contribution in [0.15, 0.2) is 30.3 Å². The zero-order valence-electron chi connectivity index (χ0n) is 9.51. The number of aryl methyl sites for hydroxylation is 1. The molecule has 2 nitrogen and oxygen atoms in total. The minimum atomic E-state index is -1.17. The molecule has 2 aromatic carbocycles. The summed E-state index contributed by atoms with van der Waals surface area (Å²) in [6.45, 7) is 1.54. The maximum Gasteiger partial charge on any atom is 0.203 e. The molecule has 2 rings (SSSR count). The Morgan fingerprint density at radius 2 is 1.67 bits per heavy atom. The molecule has 0 saturated heterocycles. The fourth-order valence-electron chi connectivity index (χ4n) is 1.45. The van der Waals surface area contributed by atoms with Crippen LogP contribution in [0, 0.1) is 24.4 Å². The van der Waals surface area contributed by atoms with Crippen LogP contribution in [0.25, 0.3) is 0 Å². The predicted octanol–water partition coefficient (Wildman–Crippen LogP) is 3.79. The molecule has 0 aliphatic heterocycles. The first-order valence-electron chi connectivity index (χ1n) is 5.16. The number of nitrogen functional groups attached to an aromatic ring is 1. The van der Waals surface area contributed by atoms with Crippen LogP contribution in [0.5, 0.6) is 11.5 Å². The lowest BCUT2D eigenvalue weighted by Gasteiger charge is -2.10. The van der Waals surface area contributed by atoms with Crippen molar-refractivity contribution in [2.45, 2.75) is 6.92 Å². The van der Waals surface area contributed by atoms with Crippen molar-refractivity contribution in [3.8, 4) is 11.5 Å². The van der Waals surface area contributed by atoms with Gasteiger partial charge in [-0.05, 0) is 42.8 Å². The minimum Gasteiger partial charge on any atom is -0.452 e. The molecule has 0 bridgehead atoms. The van der Waals surface area contributed by atoms with Gasteiger partial charge in [-0.25, -0.2) is 8.78 Å². The van der Waals surface area contributed by atoms with Gasteiger partial charge in [0.1, 0.15) is 11.6 Å². The van der Waals surface area contributed by atoms with Crippen LogP contribution in [0.4, 0.5) is 18.9 Å². The van der Waals surface area contributed by atoms with Crippen molar-refractivity contribution in [1.29, 1.82) is 0 Å². The summed E-state index contributed by atoms with van der Waals surface area (Å²) in [6.07, 6.45) is 0. The summed E-state index contributed by atoms with van der Waals surface area (Å²) in [6, 6.07) is 5.97. The van der Waals surface area contributed by atoms with Crippen molar-refractivity contribution in [1.82, 2.24) is 0 Å². The molecule has 0 radical (unpaired) electrons. The molecule has 5 heteroatoms. The lowest BCUT2D eigenvalue weighted by Crippen LogP contribution is -1.98. The zero-order chi connectivity index (χ0) is 13.3. The second-order valence-electron chi connectivity index (χ2n) is 3.79. The van der Waals surface area contributed by atoms with Crippen molar-refractivity contribution in [3.05, 3.63) is 53.3 Å². The molecular formula is C13H10F3NO. The summed E-state index contributed by atoms with van der Waals surface area (Å²) >= 11 is 0. The highest BCUT2D eigenvalue weighted by Crippen LogP contribution is 2.32. The number of nitrogens with two attached hydrogens (primary N) is 1. The highest BCUT2D eigenvalue weighted by Gasteiger charge is 2.14. The summed E-state index contributed by atoms with van der Waals surface area (Å²) in [5.74, 6) is -2.85. The summed E-state index contributed by atoms with van der Waals surface area (Å²) in [5, 5.41) is 0. The Hall–Kier alpha value is -2.17. The van der Waals surface area contributed by atoms with Gasteiger partial charge >= 0.3 is 0 Å². The van der Waals surface area contributed by atoms with Gasteiger partial charge in [-0.2, -0.15) is 4.39 Å². The third-order valence-corrected chi connectivity index (χ3v) is 2.43. The Balaban J connectivity index is 2.39. The molecule has 0 fully saturated rings. The lowest BCUT2D eigenvalue weighted by molar-refractivity contribution is 0.417. The Morgan fingerprint density at radius 1 is 1.00 bits per heavy atom. The van der Waals surface area contributed by atoms with Gasteiger partial charge in [0.2, 0.25) is 5.82 Å². The quantitative estimate of drug-likeness (QED) is 0.826. The summed E-state index contributed by atoms with van der Waals surface area (Å²) in [5.41, 5.74) is 5.80. The Morgan fingerprint density at radius 3 is 2.33 bits per heavy atom. The highest BCUT2D eigenvalue weighted by molar-refractivity contribution is 5.55. The first kappa shape index (κ1) is 12.3. The average Bonchev–Trinajstić information content (AvgIpc) is 2.34. The average molecular weight is 253 g/mol. The topological polar surface area (TPSA) is 35.2 Å². The van der Waals surface area contributed by atoms with Crippen molar-refractivity contribution in [2.24, 2.45) is 0 Å². The SMILES string of the molecule is Cc1cc(Oc2c(N)ccc(F)c2F)ccc1F. The molecule has 0 aliphatic rings. The molecule has 0 unspecified atom stereocenters. The Kier molecular flexibility index (Phi) is 3.14. The summed E-state index contributed by atoms with van der Waals surface area (Å²) in [7, 11) is 0. The summed E-state index contributed by atoms with van der Waals surface area (Å²) in [4.78, 5) is 0. The molecule has 94 valence electrons. The minimum absolute atomic E-state index is 0.0316. The Bertz CT molecular complexity index is 599. The van der Waals surface area contributed by atoms with E-state index in [0.717, 1.165) is 6.07 Å². The Labute approximate surface area is 102 Å². The number of halogens is 3. The van der Waals surface area contributed by atoms with E-state index < -0.39 is 23.2 Å². The van der Waals surface area contributed by atoms with E-state index >= 15 is 0 Å². The van der Waals surface area contributed by atoms with Crippen LogP contribution >= 0.6 is 0 Å². The standard InChI is InChI=1S/C13H10F3NO/c1-7-6-8(2-3-9(7)14)18-13-11(17)5-4-10(15)12(13)16/h2-6H,17H2,1H3. The molecular weight excluding hydrogens is 243 g/mol. The third-order valence-electron chi connectivity index (χ3n) is 2.43. The highest BCUT2D eigenvalue weighted by atomic mass is 19.2. The van der Waals surface area contributed by atoms with Gasteiger partial charge in [0.05, 0.1) is 5.69 Å². The molecule has 0 saturated carbocycles. The van der Waals surface area contributed by atoms with Gasteiger partial charge in [0.25, 0.3) is 0 Å². The largest absolute Gasteiger partial charge is 0.452 e. The molecule has 18 heavy (non-hydrogen) atoms.